The number of aromatic nitrogens is 2. The van der Waals surface area contributed by atoms with E-state index in [0.717, 1.165) is 44.0 Å². The van der Waals surface area contributed by atoms with Gasteiger partial charge >= 0.3 is 0 Å². The maximum Gasteiger partial charge on any atom is 0.148 e. The highest BCUT2D eigenvalue weighted by Crippen LogP contribution is 2.19. The topological polar surface area (TPSA) is 85.1 Å². The Morgan fingerprint density at radius 1 is 1.32 bits per heavy atom. The predicted octanol–water partition coefficient (Wildman–Crippen LogP) is 1.80. The van der Waals surface area contributed by atoms with Gasteiger partial charge in [0.05, 0.1) is 0 Å². The first-order chi connectivity index (χ1) is 9.19. The zero-order valence-electron chi connectivity index (χ0n) is 12.1. The first kappa shape index (κ1) is 15.7. The molecule has 1 aromatic heterocycles. The van der Waals surface area contributed by atoms with Crippen molar-refractivity contribution in [2.75, 3.05) is 30.5 Å². The lowest BCUT2D eigenvalue weighted by Crippen LogP contribution is -2.15. The van der Waals surface area contributed by atoms with E-state index in [4.69, 9.17) is 10.6 Å². The van der Waals surface area contributed by atoms with Gasteiger partial charge in [0.2, 0.25) is 0 Å². The summed E-state index contributed by atoms with van der Waals surface area (Å²) in [5.41, 5.74) is 3.60. The largest absolute Gasteiger partial charge is 0.381 e. The van der Waals surface area contributed by atoms with Gasteiger partial charge in [-0.1, -0.05) is 20.8 Å². The van der Waals surface area contributed by atoms with E-state index in [0.29, 0.717) is 11.7 Å². The smallest absolute Gasteiger partial charge is 0.148 e. The van der Waals surface area contributed by atoms with Crippen LogP contribution in [0.5, 0.6) is 0 Å². The van der Waals surface area contributed by atoms with Crippen LogP contribution in [-0.2, 0) is 11.2 Å². The fourth-order valence-electron chi connectivity index (χ4n) is 1.72. The maximum absolute atomic E-state index is 5.53. The van der Waals surface area contributed by atoms with E-state index in [-0.39, 0.29) is 0 Å². The molecule has 0 unspecified atom stereocenters. The lowest BCUT2D eigenvalue weighted by atomic mass is 10.2. The van der Waals surface area contributed by atoms with Crippen LogP contribution in [0.2, 0.25) is 0 Å². The molecular formula is C13H25N5O. The second-order valence-corrected chi connectivity index (χ2v) is 4.80. The average Bonchev–Trinajstić information content (AvgIpc) is 2.41. The SMILES string of the molecule is CCc1c(NN)ncnc1NCCCOCC(C)C. The van der Waals surface area contributed by atoms with Crippen molar-refractivity contribution < 1.29 is 4.74 Å². The minimum absolute atomic E-state index is 0.583. The van der Waals surface area contributed by atoms with E-state index < -0.39 is 0 Å². The van der Waals surface area contributed by atoms with E-state index >= 15 is 0 Å². The highest BCUT2D eigenvalue weighted by Gasteiger charge is 2.07. The Kier molecular flexibility index (Phi) is 7.14. The van der Waals surface area contributed by atoms with Crippen LogP contribution in [0.3, 0.4) is 0 Å². The average molecular weight is 267 g/mol. The summed E-state index contributed by atoms with van der Waals surface area (Å²) in [6.07, 6.45) is 3.28. The van der Waals surface area contributed by atoms with Crippen molar-refractivity contribution in [2.45, 2.75) is 33.6 Å². The van der Waals surface area contributed by atoms with E-state index in [9.17, 15) is 0 Å². The number of hydrazine groups is 1. The van der Waals surface area contributed by atoms with E-state index in [1.807, 2.05) is 0 Å². The van der Waals surface area contributed by atoms with Crippen LogP contribution in [0.1, 0.15) is 32.8 Å². The molecule has 0 radical (unpaired) electrons. The third-order valence-corrected chi connectivity index (χ3v) is 2.64. The third-order valence-electron chi connectivity index (χ3n) is 2.64. The molecule has 0 saturated heterocycles. The maximum atomic E-state index is 5.53. The van der Waals surface area contributed by atoms with Crippen molar-refractivity contribution in [3.05, 3.63) is 11.9 Å². The number of nitrogens with two attached hydrogens (primary N) is 1. The summed E-state index contributed by atoms with van der Waals surface area (Å²) in [4.78, 5) is 8.34. The molecule has 0 amide bonds. The summed E-state index contributed by atoms with van der Waals surface area (Å²) in [5.74, 6) is 7.53. The zero-order chi connectivity index (χ0) is 14.1. The van der Waals surface area contributed by atoms with Crippen molar-refractivity contribution in [3.63, 3.8) is 0 Å². The molecule has 0 aliphatic heterocycles. The standard InChI is InChI=1S/C13H25N5O/c1-4-11-12(16-9-17-13(11)18-14)15-6-5-7-19-8-10(2)3/h9-10H,4-8,14H2,1-3H3,(H2,15,16,17,18). The molecule has 0 saturated carbocycles. The van der Waals surface area contributed by atoms with Gasteiger partial charge in [-0.05, 0) is 18.8 Å². The van der Waals surface area contributed by atoms with Gasteiger partial charge in [0.15, 0.2) is 0 Å². The van der Waals surface area contributed by atoms with Gasteiger partial charge in [0, 0.05) is 25.3 Å². The molecular weight excluding hydrogens is 242 g/mol. The van der Waals surface area contributed by atoms with Crippen LogP contribution in [0.4, 0.5) is 11.6 Å². The number of nitrogens with zero attached hydrogens (tertiary/aromatic N) is 2. The fraction of sp³-hybridized carbons (Fsp3) is 0.692. The number of nitrogens with one attached hydrogen (secondary N) is 2. The van der Waals surface area contributed by atoms with Gasteiger partial charge < -0.3 is 15.5 Å². The molecule has 19 heavy (non-hydrogen) atoms. The first-order valence-electron chi connectivity index (χ1n) is 6.81. The highest BCUT2D eigenvalue weighted by atomic mass is 16.5. The molecule has 0 atom stereocenters. The quantitative estimate of drug-likeness (QED) is 0.359. The van der Waals surface area contributed by atoms with E-state index in [1.165, 1.54) is 6.33 Å². The van der Waals surface area contributed by atoms with Gasteiger partial charge in [0.1, 0.15) is 18.0 Å². The molecule has 0 spiro atoms. The summed E-state index contributed by atoms with van der Waals surface area (Å²) >= 11 is 0. The number of ether oxygens (including phenoxy) is 1. The van der Waals surface area contributed by atoms with Crippen molar-refractivity contribution >= 4 is 11.6 Å². The van der Waals surface area contributed by atoms with E-state index in [1.54, 1.807) is 0 Å². The Labute approximate surface area is 115 Å². The van der Waals surface area contributed by atoms with Crippen molar-refractivity contribution in [2.24, 2.45) is 11.8 Å². The van der Waals surface area contributed by atoms with Crippen LogP contribution in [0, 0.1) is 5.92 Å². The Bertz CT molecular complexity index is 370. The molecule has 1 rings (SSSR count). The number of hydrogen-bond acceptors (Lipinski definition) is 6. The molecule has 0 fully saturated rings. The molecule has 6 nitrogen and oxygen atoms in total. The Morgan fingerprint density at radius 2 is 2.05 bits per heavy atom. The van der Waals surface area contributed by atoms with Crippen molar-refractivity contribution in [1.82, 2.24) is 9.97 Å². The molecule has 0 aliphatic rings. The number of anilines is 2. The summed E-state index contributed by atoms with van der Waals surface area (Å²) in [5, 5.41) is 3.30. The van der Waals surface area contributed by atoms with Gasteiger partial charge in [-0.2, -0.15) is 0 Å². The lowest BCUT2D eigenvalue weighted by Gasteiger charge is -2.12. The molecule has 6 heteroatoms. The summed E-state index contributed by atoms with van der Waals surface area (Å²) in [6, 6.07) is 0. The number of nitrogen functional groups attached to an aromatic ring is 1. The molecule has 0 aliphatic carbocycles. The molecule has 0 bridgehead atoms. The number of rotatable bonds is 9. The fourth-order valence-corrected chi connectivity index (χ4v) is 1.72. The zero-order valence-corrected chi connectivity index (χ0v) is 12.1. The third kappa shape index (κ3) is 5.40. The Hall–Kier alpha value is -1.40. The minimum Gasteiger partial charge on any atom is -0.381 e. The summed E-state index contributed by atoms with van der Waals surface area (Å²) in [7, 11) is 0. The molecule has 1 aromatic rings. The number of hydrogen-bond donors (Lipinski definition) is 3. The molecule has 4 N–H and O–H groups in total. The van der Waals surface area contributed by atoms with Crippen molar-refractivity contribution in [3.8, 4) is 0 Å². The predicted molar refractivity (Wildman–Crippen MR) is 78.0 cm³/mol. The van der Waals surface area contributed by atoms with E-state index in [2.05, 4.69) is 41.5 Å². The molecule has 0 aromatic carbocycles. The highest BCUT2D eigenvalue weighted by molar-refractivity contribution is 5.56. The van der Waals surface area contributed by atoms with Crippen LogP contribution in [0.25, 0.3) is 0 Å². The Morgan fingerprint density at radius 3 is 2.68 bits per heavy atom. The second kappa shape index (κ2) is 8.66. The van der Waals surface area contributed by atoms with Gasteiger partial charge in [-0.25, -0.2) is 15.8 Å². The van der Waals surface area contributed by atoms with Crippen LogP contribution >= 0.6 is 0 Å². The first-order valence-corrected chi connectivity index (χ1v) is 6.81. The summed E-state index contributed by atoms with van der Waals surface area (Å²) < 4.78 is 5.53. The van der Waals surface area contributed by atoms with Gasteiger partial charge in [0.25, 0.3) is 0 Å². The molecule has 1 heterocycles. The van der Waals surface area contributed by atoms with Crippen LogP contribution in [0.15, 0.2) is 6.33 Å². The minimum atomic E-state index is 0.583. The van der Waals surface area contributed by atoms with Crippen LogP contribution in [-0.4, -0.2) is 29.7 Å². The van der Waals surface area contributed by atoms with Crippen molar-refractivity contribution in [1.29, 1.82) is 0 Å². The monoisotopic (exact) mass is 267 g/mol. The normalized spacial score (nSPS) is 10.8. The second-order valence-electron chi connectivity index (χ2n) is 4.80. The van der Waals surface area contributed by atoms with Gasteiger partial charge in [-0.3, -0.25) is 0 Å². The van der Waals surface area contributed by atoms with Gasteiger partial charge in [-0.15, -0.1) is 0 Å². The van der Waals surface area contributed by atoms with Crippen LogP contribution < -0.4 is 16.6 Å². The lowest BCUT2D eigenvalue weighted by molar-refractivity contribution is 0.110. The molecule has 108 valence electrons. The Balaban J connectivity index is 2.37. The summed E-state index contributed by atoms with van der Waals surface area (Å²) in [6.45, 7) is 8.75.